The molecule has 0 amide bonds. The fourth-order valence-corrected chi connectivity index (χ4v) is 3.65. The van der Waals surface area contributed by atoms with Crippen LogP contribution in [0.2, 0.25) is 0 Å². The van der Waals surface area contributed by atoms with E-state index in [1.54, 1.807) is 30.3 Å². The molecule has 0 bridgehead atoms. The first-order chi connectivity index (χ1) is 16.3. The van der Waals surface area contributed by atoms with E-state index in [4.69, 9.17) is 4.74 Å². The van der Waals surface area contributed by atoms with Crippen LogP contribution in [-0.4, -0.2) is 36.0 Å². The molecule has 0 aliphatic rings. The zero-order chi connectivity index (χ0) is 25.9. The predicted molar refractivity (Wildman–Crippen MR) is 113 cm³/mol. The van der Waals surface area contributed by atoms with Gasteiger partial charge in [-0.2, -0.15) is 26.3 Å². The number of aliphatic hydroxyl groups is 1. The van der Waals surface area contributed by atoms with Gasteiger partial charge in [0, 0.05) is 19.0 Å². The molecule has 0 aliphatic heterocycles. The number of rotatable bonds is 8. The summed E-state index contributed by atoms with van der Waals surface area (Å²) >= 11 is 0. The van der Waals surface area contributed by atoms with E-state index in [1.165, 1.54) is 25.3 Å². The molecular weight excluding hydrogens is 481 g/mol. The lowest BCUT2D eigenvalue weighted by Gasteiger charge is -2.37. The van der Waals surface area contributed by atoms with Gasteiger partial charge in [0.1, 0.15) is 5.82 Å². The van der Waals surface area contributed by atoms with Crippen LogP contribution >= 0.6 is 0 Å². The molecule has 0 spiro atoms. The lowest BCUT2D eigenvalue weighted by molar-refractivity contribution is -0.202. The van der Waals surface area contributed by atoms with Crippen molar-refractivity contribution in [3.05, 3.63) is 94.9 Å². The van der Waals surface area contributed by atoms with Crippen molar-refractivity contribution in [2.45, 2.75) is 30.4 Å². The quantitative estimate of drug-likeness (QED) is 0.414. The Morgan fingerprint density at radius 3 is 2.17 bits per heavy atom. The summed E-state index contributed by atoms with van der Waals surface area (Å²) in [6.45, 7) is -1.10. The molecule has 3 rings (SSSR count). The standard InChI is InChI=1S/C24H21F7N2O2/c1-35-21-9-5-8-19(33-21)22(13-15-6-3-2-4-7-15,32-14-20(34)24(29,30)31)16-10-17(23(26,27)28)12-18(25)11-16/h2-12,20,32,34H,13-14H2,1H3/t20-,22+/m1/s1. The van der Waals surface area contributed by atoms with Gasteiger partial charge in [-0.15, -0.1) is 0 Å². The predicted octanol–water partition coefficient (Wildman–Crippen LogP) is 5.25. The third-order valence-electron chi connectivity index (χ3n) is 5.37. The van der Waals surface area contributed by atoms with Crippen LogP contribution in [-0.2, 0) is 18.1 Å². The van der Waals surface area contributed by atoms with Gasteiger partial charge in [-0.1, -0.05) is 36.4 Å². The number of hydrogen-bond acceptors (Lipinski definition) is 4. The Bertz CT molecular complexity index is 1140. The second kappa shape index (κ2) is 10.2. The number of benzene rings is 2. The fraction of sp³-hybridized carbons (Fsp3) is 0.292. The molecule has 1 aromatic heterocycles. The van der Waals surface area contributed by atoms with E-state index in [0.29, 0.717) is 17.7 Å². The van der Waals surface area contributed by atoms with Crippen LogP contribution in [0.3, 0.4) is 0 Å². The largest absolute Gasteiger partial charge is 0.481 e. The van der Waals surface area contributed by atoms with E-state index in [0.717, 1.165) is 6.07 Å². The summed E-state index contributed by atoms with van der Waals surface area (Å²) in [5.41, 5.74) is -3.10. The van der Waals surface area contributed by atoms with E-state index in [9.17, 15) is 35.8 Å². The smallest absolute Gasteiger partial charge is 0.416 e. The first-order valence-electron chi connectivity index (χ1n) is 10.3. The Morgan fingerprint density at radius 2 is 1.57 bits per heavy atom. The number of pyridine rings is 1. The second-order valence-corrected chi connectivity index (χ2v) is 7.80. The van der Waals surface area contributed by atoms with Gasteiger partial charge >= 0.3 is 12.4 Å². The summed E-state index contributed by atoms with van der Waals surface area (Å²) in [6, 6.07) is 14.2. The van der Waals surface area contributed by atoms with Gasteiger partial charge in [0.15, 0.2) is 6.10 Å². The van der Waals surface area contributed by atoms with E-state index in [1.807, 2.05) is 0 Å². The highest BCUT2D eigenvalue weighted by molar-refractivity contribution is 5.42. The minimum absolute atomic E-state index is 0.0329. The molecule has 0 unspecified atom stereocenters. The molecule has 0 fully saturated rings. The Hall–Kier alpha value is -3.18. The maximum Gasteiger partial charge on any atom is 0.416 e. The van der Waals surface area contributed by atoms with Gasteiger partial charge in [-0.25, -0.2) is 9.37 Å². The number of hydrogen-bond donors (Lipinski definition) is 2. The highest BCUT2D eigenvalue weighted by Gasteiger charge is 2.43. The van der Waals surface area contributed by atoms with Gasteiger partial charge in [0.25, 0.3) is 0 Å². The first kappa shape index (κ1) is 26.4. The lowest BCUT2D eigenvalue weighted by Crippen LogP contribution is -2.51. The molecule has 0 aliphatic carbocycles. The summed E-state index contributed by atoms with van der Waals surface area (Å²) in [5.74, 6) is -1.21. The highest BCUT2D eigenvalue weighted by atomic mass is 19.4. The number of nitrogens with zero attached hydrogens (tertiary/aromatic N) is 1. The van der Waals surface area contributed by atoms with Crippen LogP contribution in [0.5, 0.6) is 5.88 Å². The normalized spacial score (nSPS) is 14.9. The highest BCUT2D eigenvalue weighted by Crippen LogP contribution is 2.38. The van der Waals surface area contributed by atoms with Crippen LogP contribution in [0, 0.1) is 5.82 Å². The number of ether oxygens (including phenoxy) is 1. The van der Waals surface area contributed by atoms with Crippen molar-refractivity contribution < 1.29 is 40.6 Å². The van der Waals surface area contributed by atoms with E-state index >= 15 is 0 Å². The number of aromatic nitrogens is 1. The number of aliphatic hydroxyl groups excluding tert-OH is 1. The van der Waals surface area contributed by atoms with Crippen LogP contribution < -0.4 is 10.1 Å². The SMILES string of the molecule is COc1cccc([C@@](Cc2ccccc2)(NC[C@@H](O)C(F)(F)F)c2cc(F)cc(C(F)(F)F)c2)n1. The number of methoxy groups -OCH3 is 1. The van der Waals surface area contributed by atoms with Crippen LogP contribution in [0.1, 0.15) is 22.4 Å². The zero-order valence-electron chi connectivity index (χ0n) is 18.3. The fourth-order valence-electron chi connectivity index (χ4n) is 3.65. The Labute approximate surface area is 196 Å². The maximum atomic E-state index is 14.5. The van der Waals surface area contributed by atoms with Gasteiger partial charge < -0.3 is 9.84 Å². The first-order valence-corrected chi connectivity index (χ1v) is 10.3. The van der Waals surface area contributed by atoms with Crippen molar-refractivity contribution in [3.8, 4) is 5.88 Å². The van der Waals surface area contributed by atoms with Gasteiger partial charge in [-0.3, -0.25) is 5.32 Å². The molecule has 0 radical (unpaired) electrons. The minimum Gasteiger partial charge on any atom is -0.481 e. The molecule has 35 heavy (non-hydrogen) atoms. The minimum atomic E-state index is -5.01. The molecule has 2 N–H and O–H groups in total. The van der Waals surface area contributed by atoms with Crippen molar-refractivity contribution in [1.82, 2.24) is 10.3 Å². The van der Waals surface area contributed by atoms with E-state index in [-0.39, 0.29) is 23.6 Å². The summed E-state index contributed by atoms with van der Waals surface area (Å²) < 4.78 is 99.6. The Balaban J connectivity index is 2.29. The van der Waals surface area contributed by atoms with Crippen molar-refractivity contribution in [3.63, 3.8) is 0 Å². The average Bonchev–Trinajstić information content (AvgIpc) is 2.80. The topological polar surface area (TPSA) is 54.4 Å². The summed E-state index contributed by atoms with van der Waals surface area (Å²) in [7, 11) is 1.29. The van der Waals surface area contributed by atoms with Crippen molar-refractivity contribution >= 4 is 0 Å². The molecule has 2 aromatic carbocycles. The molecule has 188 valence electrons. The van der Waals surface area contributed by atoms with Crippen molar-refractivity contribution in [1.29, 1.82) is 0 Å². The van der Waals surface area contributed by atoms with Gasteiger partial charge in [0.05, 0.1) is 23.9 Å². The number of alkyl halides is 6. The third-order valence-corrected chi connectivity index (χ3v) is 5.37. The van der Waals surface area contributed by atoms with Crippen molar-refractivity contribution in [2.24, 2.45) is 0 Å². The molecular formula is C24H21F7N2O2. The van der Waals surface area contributed by atoms with Crippen LogP contribution in [0.4, 0.5) is 30.7 Å². The monoisotopic (exact) mass is 502 g/mol. The lowest BCUT2D eigenvalue weighted by atomic mass is 9.79. The van der Waals surface area contributed by atoms with E-state index < -0.39 is 41.9 Å². The molecule has 2 atom stereocenters. The van der Waals surface area contributed by atoms with Crippen molar-refractivity contribution in [2.75, 3.05) is 13.7 Å². The van der Waals surface area contributed by atoms with Crippen LogP contribution in [0.15, 0.2) is 66.7 Å². The molecule has 0 saturated heterocycles. The number of nitrogens with one attached hydrogen (secondary N) is 1. The third kappa shape index (κ3) is 6.29. The molecule has 4 nitrogen and oxygen atoms in total. The summed E-state index contributed by atoms with van der Waals surface area (Å²) in [6.07, 6.45) is -13.0. The number of halogens is 7. The van der Waals surface area contributed by atoms with Gasteiger partial charge in [0.2, 0.25) is 5.88 Å². The Kier molecular flexibility index (Phi) is 7.71. The summed E-state index contributed by atoms with van der Waals surface area (Å²) in [4.78, 5) is 4.25. The maximum absolute atomic E-state index is 14.5. The van der Waals surface area contributed by atoms with Gasteiger partial charge in [-0.05, 0) is 35.4 Å². The molecule has 11 heteroatoms. The second-order valence-electron chi connectivity index (χ2n) is 7.80. The van der Waals surface area contributed by atoms with Crippen LogP contribution in [0.25, 0.3) is 0 Å². The Morgan fingerprint density at radius 1 is 0.914 bits per heavy atom. The molecule has 0 saturated carbocycles. The zero-order valence-corrected chi connectivity index (χ0v) is 18.3. The molecule has 1 heterocycles. The average molecular weight is 502 g/mol. The summed E-state index contributed by atoms with van der Waals surface area (Å²) in [5, 5.41) is 12.2. The molecule has 3 aromatic rings. The van der Waals surface area contributed by atoms with E-state index in [2.05, 4.69) is 10.3 Å².